The van der Waals surface area contributed by atoms with Gasteiger partial charge in [0.1, 0.15) is 0 Å². The zero-order valence-electron chi connectivity index (χ0n) is 15.7. The maximum Gasteiger partial charge on any atom is 0.223 e. The third-order valence-corrected chi connectivity index (χ3v) is 4.86. The first-order valence-electron chi connectivity index (χ1n) is 9.50. The van der Waals surface area contributed by atoms with Crippen LogP contribution in [0.3, 0.4) is 0 Å². The van der Waals surface area contributed by atoms with Crippen molar-refractivity contribution in [1.82, 2.24) is 15.2 Å². The molecule has 6 heteroatoms. The number of likely N-dealkylation sites (tertiary alicyclic amines) is 1. The number of phenols is 1. The zero-order valence-corrected chi connectivity index (χ0v) is 15.7. The highest BCUT2D eigenvalue weighted by atomic mass is 16.5. The minimum atomic E-state index is 0.0590. The zero-order chi connectivity index (χ0) is 19.1. The Labute approximate surface area is 160 Å². The van der Waals surface area contributed by atoms with Crippen LogP contribution >= 0.6 is 0 Å². The van der Waals surface area contributed by atoms with E-state index in [2.05, 4.69) is 15.2 Å². The maximum atomic E-state index is 12.4. The number of carbonyl (C=O) groups excluding carboxylic acids is 1. The lowest BCUT2D eigenvalue weighted by molar-refractivity contribution is -0.126. The first kappa shape index (κ1) is 19.2. The highest BCUT2D eigenvalue weighted by molar-refractivity contribution is 5.78. The lowest BCUT2D eigenvalue weighted by atomic mass is 9.95. The van der Waals surface area contributed by atoms with Crippen LogP contribution in [0.4, 0.5) is 0 Å². The average molecular weight is 369 g/mol. The number of phenolic OH excluding ortho intramolecular Hbond substituents is 1. The van der Waals surface area contributed by atoms with E-state index in [4.69, 9.17) is 4.74 Å². The van der Waals surface area contributed by atoms with E-state index in [1.165, 1.54) is 0 Å². The molecule has 2 aromatic rings. The van der Waals surface area contributed by atoms with Crippen LogP contribution in [0.1, 0.15) is 31.0 Å². The van der Waals surface area contributed by atoms with Gasteiger partial charge in [-0.05, 0) is 62.7 Å². The van der Waals surface area contributed by atoms with Gasteiger partial charge in [-0.1, -0.05) is 12.1 Å². The number of amides is 1. The predicted octanol–water partition coefficient (Wildman–Crippen LogP) is 2.71. The van der Waals surface area contributed by atoms with E-state index in [1.54, 1.807) is 12.3 Å². The van der Waals surface area contributed by atoms with Gasteiger partial charge in [-0.2, -0.15) is 0 Å². The molecule has 27 heavy (non-hydrogen) atoms. The smallest absolute Gasteiger partial charge is 0.223 e. The molecular formula is C21H27N3O3. The number of nitrogens with one attached hydrogen (secondary N) is 1. The molecule has 6 nitrogen and oxygen atoms in total. The number of aromatic hydroxyl groups is 1. The summed E-state index contributed by atoms with van der Waals surface area (Å²) >= 11 is 0. The molecule has 0 unspecified atom stereocenters. The molecule has 0 atom stereocenters. The highest BCUT2D eigenvalue weighted by Crippen LogP contribution is 2.28. The molecule has 0 radical (unpaired) electrons. The number of carbonyl (C=O) groups is 1. The van der Waals surface area contributed by atoms with Crippen LogP contribution in [0, 0.1) is 5.92 Å². The van der Waals surface area contributed by atoms with Crippen molar-refractivity contribution in [3.05, 3.63) is 53.9 Å². The molecule has 1 aliphatic heterocycles. The first-order chi connectivity index (χ1) is 13.2. The summed E-state index contributed by atoms with van der Waals surface area (Å²) in [6.07, 6.45) is 3.44. The van der Waals surface area contributed by atoms with Gasteiger partial charge < -0.3 is 15.2 Å². The largest absolute Gasteiger partial charge is 0.504 e. The summed E-state index contributed by atoms with van der Waals surface area (Å²) in [4.78, 5) is 19.0. The van der Waals surface area contributed by atoms with Crippen molar-refractivity contribution in [2.75, 3.05) is 19.7 Å². The average Bonchev–Trinajstić information content (AvgIpc) is 2.70. The number of hydrogen-bond donors (Lipinski definition) is 2. The molecule has 0 saturated carbocycles. The highest BCUT2D eigenvalue weighted by Gasteiger charge is 2.25. The van der Waals surface area contributed by atoms with Gasteiger partial charge in [-0.15, -0.1) is 0 Å². The topological polar surface area (TPSA) is 74.7 Å². The second-order valence-corrected chi connectivity index (χ2v) is 6.82. The monoisotopic (exact) mass is 369 g/mol. The lowest BCUT2D eigenvalue weighted by Gasteiger charge is -2.31. The fourth-order valence-electron chi connectivity index (χ4n) is 3.36. The number of benzene rings is 1. The number of aromatic nitrogens is 1. The molecule has 1 aromatic heterocycles. The van der Waals surface area contributed by atoms with Crippen LogP contribution in [-0.2, 0) is 17.9 Å². The molecular weight excluding hydrogens is 342 g/mol. The summed E-state index contributed by atoms with van der Waals surface area (Å²) in [6.45, 7) is 5.46. The van der Waals surface area contributed by atoms with E-state index >= 15 is 0 Å². The summed E-state index contributed by atoms with van der Waals surface area (Å²) in [5.74, 6) is 0.870. The molecule has 1 amide bonds. The Morgan fingerprint density at radius 1 is 1.30 bits per heavy atom. The van der Waals surface area contributed by atoms with Gasteiger partial charge in [0.05, 0.1) is 18.8 Å². The van der Waals surface area contributed by atoms with Gasteiger partial charge in [-0.25, -0.2) is 0 Å². The second kappa shape index (κ2) is 9.37. The summed E-state index contributed by atoms with van der Waals surface area (Å²) in [7, 11) is 0. The Kier molecular flexibility index (Phi) is 6.65. The molecule has 2 N–H and O–H groups in total. The Morgan fingerprint density at radius 2 is 2.11 bits per heavy atom. The van der Waals surface area contributed by atoms with Crippen molar-refractivity contribution < 1.29 is 14.6 Å². The standard InChI is InChI=1S/C21H27N3O3/c1-2-27-20-13-16(6-7-19(20)25)15-24-11-8-17(9-12-24)21(26)23-14-18-5-3-4-10-22-18/h3-7,10,13,17,25H,2,8-9,11-12,14-15H2,1H3,(H,23,26). The van der Waals surface area contributed by atoms with E-state index in [-0.39, 0.29) is 17.6 Å². The number of nitrogens with zero attached hydrogens (tertiary/aromatic N) is 2. The van der Waals surface area contributed by atoms with Gasteiger partial charge >= 0.3 is 0 Å². The summed E-state index contributed by atoms with van der Waals surface area (Å²) < 4.78 is 5.45. The predicted molar refractivity (Wildman–Crippen MR) is 103 cm³/mol. The van der Waals surface area contributed by atoms with Gasteiger partial charge in [0.25, 0.3) is 0 Å². The molecule has 144 valence electrons. The minimum absolute atomic E-state index is 0.0590. The summed E-state index contributed by atoms with van der Waals surface area (Å²) in [5.41, 5.74) is 1.98. The molecule has 2 heterocycles. The molecule has 3 rings (SSSR count). The van der Waals surface area contributed by atoms with E-state index in [0.29, 0.717) is 18.9 Å². The third-order valence-electron chi connectivity index (χ3n) is 4.86. The van der Waals surface area contributed by atoms with Crippen LogP contribution in [-0.4, -0.2) is 40.6 Å². The van der Waals surface area contributed by atoms with Crippen molar-refractivity contribution in [1.29, 1.82) is 0 Å². The number of ether oxygens (including phenoxy) is 1. The van der Waals surface area contributed by atoms with E-state index in [1.807, 2.05) is 37.3 Å². The van der Waals surface area contributed by atoms with Gasteiger partial charge in [-0.3, -0.25) is 14.7 Å². The van der Waals surface area contributed by atoms with Crippen LogP contribution in [0.5, 0.6) is 11.5 Å². The van der Waals surface area contributed by atoms with E-state index < -0.39 is 0 Å². The quantitative estimate of drug-likeness (QED) is 0.785. The Balaban J connectivity index is 1.46. The molecule has 1 fully saturated rings. The normalized spacial score (nSPS) is 15.4. The lowest BCUT2D eigenvalue weighted by Crippen LogP contribution is -2.40. The number of hydrogen-bond acceptors (Lipinski definition) is 5. The number of rotatable bonds is 7. The summed E-state index contributed by atoms with van der Waals surface area (Å²) in [6, 6.07) is 11.2. The fourth-order valence-corrected chi connectivity index (χ4v) is 3.36. The number of piperidine rings is 1. The van der Waals surface area contributed by atoms with Crippen molar-refractivity contribution in [3.8, 4) is 11.5 Å². The molecule has 1 saturated heterocycles. The Bertz CT molecular complexity index is 744. The third kappa shape index (κ3) is 5.44. The summed E-state index contributed by atoms with van der Waals surface area (Å²) in [5, 5.41) is 12.8. The Morgan fingerprint density at radius 3 is 2.81 bits per heavy atom. The minimum Gasteiger partial charge on any atom is -0.504 e. The van der Waals surface area contributed by atoms with E-state index in [0.717, 1.165) is 43.7 Å². The second-order valence-electron chi connectivity index (χ2n) is 6.82. The van der Waals surface area contributed by atoms with Crippen LogP contribution in [0.15, 0.2) is 42.6 Å². The van der Waals surface area contributed by atoms with E-state index in [9.17, 15) is 9.90 Å². The molecule has 1 aromatic carbocycles. The van der Waals surface area contributed by atoms with Crippen molar-refractivity contribution in [3.63, 3.8) is 0 Å². The van der Waals surface area contributed by atoms with Crippen LogP contribution < -0.4 is 10.1 Å². The van der Waals surface area contributed by atoms with Crippen molar-refractivity contribution in [2.24, 2.45) is 5.92 Å². The van der Waals surface area contributed by atoms with Crippen molar-refractivity contribution >= 4 is 5.91 Å². The van der Waals surface area contributed by atoms with Gasteiger partial charge in [0.2, 0.25) is 5.91 Å². The first-order valence-corrected chi connectivity index (χ1v) is 9.50. The molecule has 0 spiro atoms. The Hall–Kier alpha value is -2.60. The van der Waals surface area contributed by atoms with Gasteiger partial charge in [0.15, 0.2) is 11.5 Å². The van der Waals surface area contributed by atoms with Crippen LogP contribution in [0.2, 0.25) is 0 Å². The fraction of sp³-hybridized carbons (Fsp3) is 0.429. The SMILES string of the molecule is CCOc1cc(CN2CCC(C(=O)NCc3ccccn3)CC2)ccc1O. The van der Waals surface area contributed by atoms with Gasteiger partial charge in [0, 0.05) is 18.7 Å². The van der Waals surface area contributed by atoms with Crippen LogP contribution in [0.25, 0.3) is 0 Å². The molecule has 0 aliphatic carbocycles. The maximum absolute atomic E-state index is 12.4. The van der Waals surface area contributed by atoms with Crippen molar-refractivity contribution in [2.45, 2.75) is 32.9 Å². The molecule has 1 aliphatic rings. The molecule has 0 bridgehead atoms. The number of pyridine rings is 1.